The van der Waals surface area contributed by atoms with Crippen LogP contribution in [0.2, 0.25) is 0 Å². The van der Waals surface area contributed by atoms with Gasteiger partial charge in [-0.2, -0.15) is 4.99 Å². The summed E-state index contributed by atoms with van der Waals surface area (Å²) < 4.78 is 5.07. The highest BCUT2D eigenvalue weighted by Crippen LogP contribution is 2.22. The molecule has 0 unspecified atom stereocenters. The van der Waals surface area contributed by atoms with Gasteiger partial charge in [0.05, 0.1) is 5.92 Å². The molecule has 1 N–H and O–H groups in total. The molecule has 1 aliphatic rings. The van der Waals surface area contributed by atoms with E-state index in [9.17, 15) is 9.59 Å². The highest BCUT2D eigenvalue weighted by Gasteiger charge is 2.24. The Balaban J connectivity index is 2.48. The maximum Gasteiger partial charge on any atom is 0.434 e. The zero-order valence-corrected chi connectivity index (χ0v) is 10.5. The van der Waals surface area contributed by atoms with Gasteiger partial charge in [-0.1, -0.05) is 0 Å². The summed E-state index contributed by atoms with van der Waals surface area (Å²) in [5.41, 5.74) is 0.205. The molecule has 0 aromatic rings. The molecule has 1 rings (SSSR count). The van der Waals surface area contributed by atoms with E-state index < -0.39 is 17.7 Å². The molecule has 1 amide bonds. The van der Waals surface area contributed by atoms with Crippen molar-refractivity contribution in [2.24, 2.45) is 10.9 Å². The van der Waals surface area contributed by atoms with Crippen LogP contribution in [0, 0.1) is 5.92 Å². The third-order valence-corrected chi connectivity index (χ3v) is 2.55. The van der Waals surface area contributed by atoms with Gasteiger partial charge in [0.15, 0.2) is 0 Å². The van der Waals surface area contributed by atoms with Gasteiger partial charge in [0.25, 0.3) is 0 Å². The Bertz CT molecular complexity index is 331. The summed E-state index contributed by atoms with van der Waals surface area (Å²) in [5.74, 6) is -1.06. The van der Waals surface area contributed by atoms with Crippen LogP contribution in [-0.4, -0.2) is 28.5 Å². The smallest absolute Gasteiger partial charge is 0.434 e. The number of amides is 1. The monoisotopic (exact) mass is 241 g/mol. The minimum Gasteiger partial charge on any atom is -0.481 e. The van der Waals surface area contributed by atoms with Gasteiger partial charge in [0.2, 0.25) is 0 Å². The van der Waals surface area contributed by atoms with Gasteiger partial charge >= 0.3 is 12.1 Å². The fourth-order valence-corrected chi connectivity index (χ4v) is 1.72. The van der Waals surface area contributed by atoms with E-state index in [0.29, 0.717) is 25.7 Å². The molecule has 0 bridgehead atoms. The molecule has 1 aliphatic carbocycles. The molecule has 1 saturated carbocycles. The number of carbonyl (C=O) groups is 2. The zero-order chi connectivity index (χ0) is 13.1. The summed E-state index contributed by atoms with van der Waals surface area (Å²) in [7, 11) is 0. The Morgan fingerprint density at radius 1 is 1.29 bits per heavy atom. The molecule has 0 saturated heterocycles. The molecule has 1 fully saturated rings. The van der Waals surface area contributed by atoms with Crippen LogP contribution in [0.5, 0.6) is 0 Å². The Kier molecular flexibility index (Phi) is 4.26. The normalized spacial score (nSPS) is 20.9. The van der Waals surface area contributed by atoms with Crippen LogP contribution in [0.1, 0.15) is 46.5 Å². The Morgan fingerprint density at radius 2 is 1.82 bits per heavy atom. The molecule has 17 heavy (non-hydrogen) atoms. The van der Waals surface area contributed by atoms with E-state index in [-0.39, 0.29) is 5.92 Å². The van der Waals surface area contributed by atoms with Crippen molar-refractivity contribution in [1.82, 2.24) is 0 Å². The number of aliphatic carboxylic acids is 1. The first-order valence-corrected chi connectivity index (χ1v) is 5.80. The van der Waals surface area contributed by atoms with E-state index in [0.717, 1.165) is 5.71 Å². The van der Waals surface area contributed by atoms with Gasteiger partial charge in [-0.15, -0.1) is 0 Å². The van der Waals surface area contributed by atoms with Crippen molar-refractivity contribution in [1.29, 1.82) is 0 Å². The van der Waals surface area contributed by atoms with E-state index in [4.69, 9.17) is 9.84 Å². The highest BCUT2D eigenvalue weighted by atomic mass is 16.6. The third kappa shape index (κ3) is 4.97. The molecule has 0 aromatic carbocycles. The van der Waals surface area contributed by atoms with Crippen LogP contribution in [0.4, 0.5) is 4.79 Å². The summed E-state index contributed by atoms with van der Waals surface area (Å²) in [4.78, 5) is 26.0. The van der Waals surface area contributed by atoms with Crippen molar-refractivity contribution in [2.75, 3.05) is 0 Å². The largest absolute Gasteiger partial charge is 0.481 e. The second-order valence-corrected chi connectivity index (χ2v) is 5.27. The quantitative estimate of drug-likeness (QED) is 0.765. The fraction of sp³-hybridized carbons (Fsp3) is 0.750. The van der Waals surface area contributed by atoms with Gasteiger partial charge in [0.1, 0.15) is 5.60 Å². The molecule has 5 nitrogen and oxygen atoms in total. The molecule has 0 radical (unpaired) electrons. The Morgan fingerprint density at radius 3 is 2.24 bits per heavy atom. The number of nitrogens with zero attached hydrogens (tertiary/aromatic N) is 1. The molecule has 0 aromatic heterocycles. The lowest BCUT2D eigenvalue weighted by Crippen LogP contribution is -2.25. The van der Waals surface area contributed by atoms with Gasteiger partial charge in [-0.05, 0) is 46.5 Å². The summed E-state index contributed by atoms with van der Waals surface area (Å²) in [6, 6.07) is 0. The molecule has 0 aliphatic heterocycles. The first-order valence-electron chi connectivity index (χ1n) is 5.80. The van der Waals surface area contributed by atoms with Crippen molar-refractivity contribution in [3.05, 3.63) is 0 Å². The summed E-state index contributed by atoms with van der Waals surface area (Å²) in [5, 5.41) is 8.83. The number of carboxylic acids is 1. The van der Waals surface area contributed by atoms with Crippen molar-refractivity contribution >= 4 is 17.8 Å². The predicted molar refractivity (Wildman–Crippen MR) is 63.3 cm³/mol. The highest BCUT2D eigenvalue weighted by molar-refractivity contribution is 5.94. The number of hydrogen-bond acceptors (Lipinski definition) is 3. The van der Waals surface area contributed by atoms with Crippen molar-refractivity contribution in [2.45, 2.75) is 52.1 Å². The van der Waals surface area contributed by atoms with Crippen LogP contribution in [0.15, 0.2) is 4.99 Å². The molecule has 0 atom stereocenters. The number of rotatable bonds is 1. The molecule has 0 spiro atoms. The standard InChI is InChI=1S/C12H19NO4/c1-12(2,3)17-11(16)13-9-6-4-8(5-7-9)10(14)15/h8H,4-7H2,1-3H3,(H,14,15). The first-order chi connectivity index (χ1) is 7.78. The van der Waals surface area contributed by atoms with E-state index in [1.807, 2.05) is 0 Å². The minimum atomic E-state index is -0.763. The number of carboxylic acid groups (broad SMARTS) is 1. The lowest BCUT2D eigenvalue weighted by molar-refractivity contribution is -0.142. The number of ether oxygens (including phenoxy) is 1. The maximum atomic E-state index is 11.4. The number of aliphatic imine (C=N–C) groups is 1. The van der Waals surface area contributed by atoms with Crippen molar-refractivity contribution < 1.29 is 19.4 Å². The van der Waals surface area contributed by atoms with Crippen molar-refractivity contribution in [3.63, 3.8) is 0 Å². The maximum absolute atomic E-state index is 11.4. The number of carbonyl (C=O) groups excluding carboxylic acids is 1. The SMILES string of the molecule is CC(C)(C)OC(=O)N=C1CCC(C(=O)O)CC1. The van der Waals surface area contributed by atoms with Crippen LogP contribution in [0.25, 0.3) is 0 Å². The predicted octanol–water partition coefficient (Wildman–Crippen LogP) is 2.64. The second-order valence-electron chi connectivity index (χ2n) is 5.27. The first kappa shape index (κ1) is 13.7. The lowest BCUT2D eigenvalue weighted by atomic mass is 9.88. The Labute approximate surface area is 101 Å². The van der Waals surface area contributed by atoms with Gasteiger partial charge in [-0.25, -0.2) is 4.79 Å². The summed E-state index contributed by atoms with van der Waals surface area (Å²) in [6.07, 6.45) is 1.65. The van der Waals surface area contributed by atoms with Crippen LogP contribution >= 0.6 is 0 Å². The minimum absolute atomic E-state index is 0.299. The van der Waals surface area contributed by atoms with E-state index in [1.165, 1.54) is 0 Å². The van der Waals surface area contributed by atoms with Crippen LogP contribution in [0.3, 0.4) is 0 Å². The summed E-state index contributed by atoms with van der Waals surface area (Å²) in [6.45, 7) is 5.35. The van der Waals surface area contributed by atoms with E-state index in [1.54, 1.807) is 20.8 Å². The Hall–Kier alpha value is -1.39. The molecule has 0 heterocycles. The lowest BCUT2D eigenvalue weighted by Gasteiger charge is -2.20. The van der Waals surface area contributed by atoms with Crippen LogP contribution in [-0.2, 0) is 9.53 Å². The molecule has 96 valence electrons. The van der Waals surface area contributed by atoms with E-state index >= 15 is 0 Å². The van der Waals surface area contributed by atoms with Gasteiger partial charge < -0.3 is 9.84 Å². The van der Waals surface area contributed by atoms with Crippen LogP contribution < -0.4 is 0 Å². The van der Waals surface area contributed by atoms with Gasteiger partial charge in [0, 0.05) is 5.71 Å². The molecular weight excluding hydrogens is 222 g/mol. The second kappa shape index (κ2) is 5.29. The average molecular weight is 241 g/mol. The number of hydrogen-bond donors (Lipinski definition) is 1. The van der Waals surface area contributed by atoms with E-state index in [2.05, 4.69) is 4.99 Å². The molecule has 5 heteroatoms. The average Bonchev–Trinajstić information content (AvgIpc) is 2.15. The molecular formula is C12H19NO4. The van der Waals surface area contributed by atoms with Gasteiger partial charge in [-0.3, -0.25) is 4.79 Å². The zero-order valence-electron chi connectivity index (χ0n) is 10.5. The summed E-state index contributed by atoms with van der Waals surface area (Å²) >= 11 is 0. The third-order valence-electron chi connectivity index (χ3n) is 2.55. The van der Waals surface area contributed by atoms with Crippen molar-refractivity contribution in [3.8, 4) is 0 Å². The topological polar surface area (TPSA) is 76.0 Å². The fourth-order valence-electron chi connectivity index (χ4n) is 1.72.